The van der Waals surface area contributed by atoms with Crippen LogP contribution in [-0.4, -0.2) is 41.7 Å². The number of pyridine rings is 1. The van der Waals surface area contributed by atoms with Crippen LogP contribution in [-0.2, 0) is 16.5 Å². The fourth-order valence-electron chi connectivity index (χ4n) is 5.11. The Hall–Kier alpha value is -3.92. The molecule has 1 aromatic heterocycles. The lowest BCUT2D eigenvalue weighted by Gasteiger charge is -2.51. The highest BCUT2D eigenvalue weighted by Gasteiger charge is 2.47. The van der Waals surface area contributed by atoms with E-state index < -0.39 is 23.2 Å². The molecule has 10 heteroatoms. The molecule has 3 amide bonds. The number of fused-ring (bicyclic) bond motifs is 3. The molecular formula is C28H27F3N4O3. The van der Waals surface area contributed by atoms with Crippen LogP contribution in [0.25, 0.3) is 11.1 Å². The van der Waals surface area contributed by atoms with E-state index in [2.05, 4.69) is 10.3 Å². The van der Waals surface area contributed by atoms with Gasteiger partial charge in [0.05, 0.1) is 35.3 Å². The van der Waals surface area contributed by atoms with Gasteiger partial charge in [-0.2, -0.15) is 13.2 Å². The van der Waals surface area contributed by atoms with Crippen molar-refractivity contribution in [2.24, 2.45) is 0 Å². The van der Waals surface area contributed by atoms with E-state index in [1.54, 1.807) is 15.9 Å². The number of aromatic nitrogens is 1. The lowest BCUT2D eigenvalue weighted by molar-refractivity contribution is -0.137. The van der Waals surface area contributed by atoms with Gasteiger partial charge in [-0.05, 0) is 69.2 Å². The van der Waals surface area contributed by atoms with E-state index in [-0.39, 0.29) is 18.3 Å². The minimum atomic E-state index is -4.55. The first-order valence-corrected chi connectivity index (χ1v) is 12.3. The van der Waals surface area contributed by atoms with Crippen molar-refractivity contribution in [3.63, 3.8) is 0 Å². The van der Waals surface area contributed by atoms with E-state index in [1.807, 2.05) is 39.0 Å². The summed E-state index contributed by atoms with van der Waals surface area (Å²) in [4.78, 5) is 33.8. The molecule has 2 aliphatic heterocycles. The second kappa shape index (κ2) is 9.43. The molecule has 1 fully saturated rings. The molecular weight excluding hydrogens is 497 g/mol. The number of hydrogen-bond donors (Lipinski definition) is 1. The van der Waals surface area contributed by atoms with Gasteiger partial charge in [0.1, 0.15) is 6.73 Å². The highest BCUT2D eigenvalue weighted by Crippen LogP contribution is 2.46. The summed E-state index contributed by atoms with van der Waals surface area (Å²) in [5.74, 6) is -0.666. The SMILES string of the molecule is CCN1C(=O)N2COCCC2(C)c2cc(-c3cc(NC(=O)c4cccc(C(F)(F)F)c4)cnc3C)ccc21. The zero-order chi connectivity index (χ0) is 27.2. The third kappa shape index (κ3) is 4.38. The van der Waals surface area contributed by atoms with Gasteiger partial charge in [0.2, 0.25) is 0 Å². The fourth-order valence-corrected chi connectivity index (χ4v) is 5.11. The number of nitrogens with zero attached hydrogens (tertiary/aromatic N) is 3. The minimum Gasteiger partial charge on any atom is -0.361 e. The molecule has 0 saturated carbocycles. The Morgan fingerprint density at radius 3 is 2.71 bits per heavy atom. The van der Waals surface area contributed by atoms with Crippen molar-refractivity contribution in [3.8, 4) is 11.1 Å². The van der Waals surface area contributed by atoms with Crippen molar-refractivity contribution < 1.29 is 27.5 Å². The molecule has 0 aliphatic carbocycles. The molecule has 198 valence electrons. The van der Waals surface area contributed by atoms with Crippen molar-refractivity contribution in [3.05, 3.63) is 77.1 Å². The van der Waals surface area contributed by atoms with Crippen LogP contribution >= 0.6 is 0 Å². The van der Waals surface area contributed by atoms with Gasteiger partial charge < -0.3 is 10.1 Å². The van der Waals surface area contributed by atoms with Gasteiger partial charge in [-0.3, -0.25) is 19.6 Å². The molecule has 3 aromatic rings. The number of alkyl halides is 3. The second-order valence-corrected chi connectivity index (χ2v) is 9.64. The molecule has 1 N–H and O–H groups in total. The molecule has 0 bridgehead atoms. The van der Waals surface area contributed by atoms with Gasteiger partial charge in [-0.15, -0.1) is 0 Å². The molecule has 7 nitrogen and oxygen atoms in total. The number of aryl methyl sites for hydroxylation is 1. The monoisotopic (exact) mass is 524 g/mol. The predicted octanol–water partition coefficient (Wildman–Crippen LogP) is 6.18. The third-order valence-corrected chi connectivity index (χ3v) is 7.30. The first kappa shape index (κ1) is 25.7. The number of halogens is 3. The maximum Gasteiger partial charge on any atom is 0.416 e. The number of benzene rings is 2. The van der Waals surface area contributed by atoms with Gasteiger partial charge in [0.15, 0.2) is 0 Å². The summed E-state index contributed by atoms with van der Waals surface area (Å²) in [6, 6.07) is 11.8. The Bertz CT molecular complexity index is 1420. The summed E-state index contributed by atoms with van der Waals surface area (Å²) in [6.45, 7) is 7.07. The average molecular weight is 525 g/mol. The molecule has 2 aromatic carbocycles. The number of carbonyl (C=O) groups excluding carboxylic acids is 2. The zero-order valence-corrected chi connectivity index (χ0v) is 21.2. The van der Waals surface area contributed by atoms with Gasteiger partial charge in [0.25, 0.3) is 5.91 Å². The van der Waals surface area contributed by atoms with E-state index in [9.17, 15) is 22.8 Å². The first-order chi connectivity index (χ1) is 18.0. The molecule has 3 heterocycles. The average Bonchev–Trinajstić information content (AvgIpc) is 2.89. The molecule has 2 aliphatic rings. The quantitative estimate of drug-likeness (QED) is 0.442. The van der Waals surface area contributed by atoms with E-state index >= 15 is 0 Å². The molecule has 0 spiro atoms. The number of rotatable bonds is 4. The Labute approximate surface area is 218 Å². The summed E-state index contributed by atoms with van der Waals surface area (Å²) >= 11 is 0. The van der Waals surface area contributed by atoms with Gasteiger partial charge in [-0.1, -0.05) is 12.1 Å². The Kier molecular flexibility index (Phi) is 6.38. The molecule has 1 saturated heterocycles. The van der Waals surface area contributed by atoms with Crippen molar-refractivity contribution in [2.45, 2.75) is 38.9 Å². The number of amides is 3. The van der Waals surface area contributed by atoms with Crippen LogP contribution < -0.4 is 10.2 Å². The number of urea groups is 1. The van der Waals surface area contributed by atoms with Crippen molar-refractivity contribution >= 4 is 23.3 Å². The van der Waals surface area contributed by atoms with Crippen molar-refractivity contribution in [2.75, 3.05) is 30.1 Å². The topological polar surface area (TPSA) is 74.8 Å². The Morgan fingerprint density at radius 2 is 1.97 bits per heavy atom. The van der Waals surface area contributed by atoms with Crippen LogP contribution in [0.15, 0.2) is 54.7 Å². The minimum absolute atomic E-state index is 0.0906. The fraction of sp³-hybridized carbons (Fsp3) is 0.321. The van der Waals surface area contributed by atoms with E-state index in [4.69, 9.17) is 4.74 Å². The van der Waals surface area contributed by atoms with Gasteiger partial charge in [-0.25, -0.2) is 4.79 Å². The Morgan fingerprint density at radius 1 is 1.18 bits per heavy atom. The van der Waals surface area contributed by atoms with E-state index in [1.165, 1.54) is 18.3 Å². The predicted molar refractivity (Wildman–Crippen MR) is 137 cm³/mol. The second-order valence-electron chi connectivity index (χ2n) is 9.64. The molecule has 38 heavy (non-hydrogen) atoms. The van der Waals surface area contributed by atoms with E-state index in [0.29, 0.717) is 25.3 Å². The standard InChI is InChI=1S/C28H27F3N4O3/c1-4-34-24-9-8-18(13-23(24)27(3)10-11-38-16-35(27)26(34)37)22-14-21(15-32-17(22)2)33-25(36)19-6-5-7-20(12-19)28(29,30)31/h5-9,12-15H,4,10-11,16H2,1-3H3,(H,33,36). The lowest BCUT2D eigenvalue weighted by atomic mass is 9.81. The van der Waals surface area contributed by atoms with Gasteiger partial charge >= 0.3 is 12.2 Å². The maximum absolute atomic E-state index is 13.2. The first-order valence-electron chi connectivity index (χ1n) is 12.3. The van der Waals surface area contributed by atoms with Crippen LogP contribution in [0.5, 0.6) is 0 Å². The molecule has 0 radical (unpaired) electrons. The van der Waals surface area contributed by atoms with Crippen LogP contribution in [0, 0.1) is 6.92 Å². The molecule has 1 atom stereocenters. The maximum atomic E-state index is 13.2. The highest BCUT2D eigenvalue weighted by molar-refractivity contribution is 6.04. The molecule has 5 rings (SSSR count). The summed E-state index contributed by atoms with van der Waals surface area (Å²) in [6.07, 6.45) is -2.42. The van der Waals surface area contributed by atoms with Crippen LogP contribution in [0.3, 0.4) is 0 Å². The largest absolute Gasteiger partial charge is 0.416 e. The summed E-state index contributed by atoms with van der Waals surface area (Å²) in [5, 5.41) is 2.66. The van der Waals surface area contributed by atoms with E-state index in [0.717, 1.165) is 40.2 Å². The van der Waals surface area contributed by atoms with Crippen LogP contribution in [0.2, 0.25) is 0 Å². The normalized spacial score (nSPS) is 19.2. The highest BCUT2D eigenvalue weighted by atomic mass is 19.4. The Balaban J connectivity index is 1.50. The number of hydrogen-bond acceptors (Lipinski definition) is 4. The number of anilines is 2. The summed E-state index contributed by atoms with van der Waals surface area (Å²) in [5.41, 5.74) is 3.00. The van der Waals surface area contributed by atoms with Crippen molar-refractivity contribution in [1.82, 2.24) is 9.88 Å². The van der Waals surface area contributed by atoms with Gasteiger partial charge in [0, 0.05) is 28.9 Å². The zero-order valence-electron chi connectivity index (χ0n) is 21.2. The lowest BCUT2D eigenvalue weighted by Crippen LogP contribution is -2.60. The van der Waals surface area contributed by atoms with Crippen LogP contribution in [0.4, 0.5) is 29.3 Å². The number of ether oxygens (including phenoxy) is 1. The number of carbonyl (C=O) groups is 2. The number of nitrogens with one attached hydrogen (secondary N) is 1. The summed E-state index contributed by atoms with van der Waals surface area (Å²) in [7, 11) is 0. The van der Waals surface area contributed by atoms with Crippen LogP contribution in [0.1, 0.15) is 47.4 Å². The van der Waals surface area contributed by atoms with Crippen molar-refractivity contribution in [1.29, 1.82) is 0 Å². The smallest absolute Gasteiger partial charge is 0.361 e. The third-order valence-electron chi connectivity index (χ3n) is 7.30. The summed E-state index contributed by atoms with van der Waals surface area (Å²) < 4.78 is 44.9. The molecule has 1 unspecified atom stereocenters.